The van der Waals surface area contributed by atoms with Crippen LogP contribution in [0, 0.1) is 0 Å². The molecule has 0 aliphatic heterocycles. The van der Waals surface area contributed by atoms with Gasteiger partial charge in [-0.25, -0.2) is 0 Å². The Labute approximate surface area is 102 Å². The molecule has 1 aromatic carbocycles. The van der Waals surface area contributed by atoms with Gasteiger partial charge in [0.15, 0.2) is 0 Å². The Kier molecular flexibility index (Phi) is 3.25. The summed E-state index contributed by atoms with van der Waals surface area (Å²) in [5, 5.41) is 0. The van der Waals surface area contributed by atoms with Gasteiger partial charge in [0, 0.05) is 6.42 Å². The van der Waals surface area contributed by atoms with Gasteiger partial charge in [-0.05, 0) is 25.2 Å². The van der Waals surface area contributed by atoms with Crippen LogP contribution in [0.4, 0.5) is 0 Å². The van der Waals surface area contributed by atoms with Crippen molar-refractivity contribution in [2.45, 2.75) is 18.6 Å². The average Bonchev–Trinajstić information content (AvgIpc) is 2.51. The number of hydrogen-bond acceptors (Lipinski definition) is 4. The third-order valence-corrected chi connectivity index (χ3v) is 3.60. The van der Waals surface area contributed by atoms with E-state index in [1.54, 1.807) is 0 Å². The molecule has 0 bridgehead atoms. The predicted octanol–water partition coefficient (Wildman–Crippen LogP) is 1.19. The quantitative estimate of drug-likeness (QED) is 0.761. The Balaban J connectivity index is 2.33. The number of benzene rings is 1. The molecule has 4 nitrogen and oxygen atoms in total. The summed E-state index contributed by atoms with van der Waals surface area (Å²) in [6.07, 6.45) is 1.42. The van der Waals surface area contributed by atoms with Crippen molar-refractivity contribution >= 4 is 10.1 Å². The zero-order chi connectivity index (χ0) is 12.6. The van der Waals surface area contributed by atoms with E-state index in [2.05, 4.69) is 0 Å². The maximum absolute atomic E-state index is 11.3. The minimum atomic E-state index is -3.42. The van der Waals surface area contributed by atoms with Crippen molar-refractivity contribution in [2.24, 2.45) is 0 Å². The average molecular weight is 255 g/mol. The Morgan fingerprint density at radius 3 is 2.53 bits per heavy atom. The predicted molar refractivity (Wildman–Crippen MR) is 66.3 cm³/mol. The zero-order valence-corrected chi connectivity index (χ0v) is 11.1. The summed E-state index contributed by atoms with van der Waals surface area (Å²) >= 11 is 0. The van der Waals surface area contributed by atoms with Crippen LogP contribution in [0.2, 0.25) is 0 Å². The minimum absolute atomic E-state index is 0.000856. The van der Waals surface area contributed by atoms with E-state index in [1.807, 2.05) is 43.3 Å². The van der Waals surface area contributed by atoms with E-state index < -0.39 is 10.1 Å². The Morgan fingerprint density at radius 1 is 1.29 bits per heavy atom. The van der Waals surface area contributed by atoms with Crippen LogP contribution < -0.4 is 0 Å². The Bertz CT molecular complexity index is 510. The van der Waals surface area contributed by atoms with E-state index in [1.165, 1.54) is 5.56 Å². The van der Waals surface area contributed by atoms with Gasteiger partial charge >= 0.3 is 0 Å². The first-order valence-electron chi connectivity index (χ1n) is 5.51. The molecule has 1 aromatic rings. The van der Waals surface area contributed by atoms with E-state index in [0.29, 0.717) is 6.42 Å². The van der Waals surface area contributed by atoms with E-state index in [-0.39, 0.29) is 12.1 Å². The molecule has 0 saturated carbocycles. The lowest BCUT2D eigenvalue weighted by atomic mass is 10.1. The van der Waals surface area contributed by atoms with Crippen molar-refractivity contribution in [1.82, 2.24) is 4.90 Å². The van der Waals surface area contributed by atoms with Gasteiger partial charge in [-0.1, -0.05) is 24.3 Å². The standard InChI is InChI=1S/C12H17NO3S/c1-13(2)12-10-7-5-4-6-9(10)8-11(12)16-17(3,14)15/h4-7,11-12H,8H2,1-3H3/t11-,12+/m0/s1. The molecule has 0 spiro atoms. The molecule has 2 atom stereocenters. The highest BCUT2D eigenvalue weighted by Crippen LogP contribution is 2.36. The maximum atomic E-state index is 11.3. The first-order valence-corrected chi connectivity index (χ1v) is 7.32. The summed E-state index contributed by atoms with van der Waals surface area (Å²) < 4.78 is 27.7. The summed E-state index contributed by atoms with van der Waals surface area (Å²) in [4.78, 5) is 2.00. The second-order valence-electron chi connectivity index (χ2n) is 4.65. The van der Waals surface area contributed by atoms with Crippen LogP contribution in [0.15, 0.2) is 24.3 Å². The van der Waals surface area contributed by atoms with Gasteiger partial charge in [-0.3, -0.25) is 4.18 Å². The van der Waals surface area contributed by atoms with Gasteiger partial charge in [0.05, 0.1) is 12.3 Å². The Hall–Kier alpha value is -0.910. The van der Waals surface area contributed by atoms with E-state index in [4.69, 9.17) is 4.18 Å². The van der Waals surface area contributed by atoms with Gasteiger partial charge < -0.3 is 4.90 Å². The normalized spacial score (nSPS) is 24.0. The highest BCUT2D eigenvalue weighted by atomic mass is 32.2. The largest absolute Gasteiger partial charge is 0.300 e. The zero-order valence-electron chi connectivity index (χ0n) is 10.3. The van der Waals surface area contributed by atoms with Crippen LogP contribution in [0.1, 0.15) is 17.2 Å². The maximum Gasteiger partial charge on any atom is 0.264 e. The van der Waals surface area contributed by atoms with Crippen LogP contribution in [0.3, 0.4) is 0 Å². The molecule has 5 heteroatoms. The molecule has 0 unspecified atom stereocenters. The highest BCUT2D eigenvalue weighted by Gasteiger charge is 2.36. The molecule has 0 amide bonds. The van der Waals surface area contributed by atoms with Crippen LogP contribution in [-0.4, -0.2) is 39.8 Å². The van der Waals surface area contributed by atoms with Crippen molar-refractivity contribution in [3.8, 4) is 0 Å². The molecule has 0 fully saturated rings. The summed E-state index contributed by atoms with van der Waals surface area (Å²) in [6.45, 7) is 0. The van der Waals surface area contributed by atoms with Gasteiger partial charge in [-0.15, -0.1) is 0 Å². The summed E-state index contributed by atoms with van der Waals surface area (Å²) in [7, 11) is 0.453. The fourth-order valence-electron chi connectivity index (χ4n) is 2.46. The third kappa shape index (κ3) is 2.68. The molecule has 0 radical (unpaired) electrons. The molecule has 0 aromatic heterocycles. The van der Waals surface area contributed by atoms with Crippen LogP contribution in [-0.2, 0) is 20.7 Å². The van der Waals surface area contributed by atoms with Gasteiger partial charge in [0.25, 0.3) is 10.1 Å². The van der Waals surface area contributed by atoms with Gasteiger partial charge in [0.2, 0.25) is 0 Å². The number of rotatable bonds is 3. The second-order valence-corrected chi connectivity index (χ2v) is 6.25. The fraction of sp³-hybridized carbons (Fsp3) is 0.500. The highest BCUT2D eigenvalue weighted by molar-refractivity contribution is 7.86. The second kappa shape index (κ2) is 4.40. The van der Waals surface area contributed by atoms with Gasteiger partial charge in [-0.2, -0.15) is 8.42 Å². The lowest BCUT2D eigenvalue weighted by molar-refractivity contribution is 0.118. The lowest BCUT2D eigenvalue weighted by Crippen LogP contribution is -2.31. The minimum Gasteiger partial charge on any atom is -0.300 e. The topological polar surface area (TPSA) is 46.6 Å². The molecule has 1 aliphatic rings. The van der Waals surface area contributed by atoms with Crippen molar-refractivity contribution in [1.29, 1.82) is 0 Å². The summed E-state index contributed by atoms with van der Waals surface area (Å²) in [6, 6.07) is 8.00. The smallest absolute Gasteiger partial charge is 0.264 e. The molecular formula is C12H17NO3S. The number of likely N-dealkylation sites (N-methyl/N-ethyl adjacent to an activating group) is 1. The van der Waals surface area contributed by atoms with Crippen molar-refractivity contribution in [2.75, 3.05) is 20.4 Å². The van der Waals surface area contributed by atoms with Crippen LogP contribution >= 0.6 is 0 Å². The number of nitrogens with zero attached hydrogens (tertiary/aromatic N) is 1. The van der Waals surface area contributed by atoms with Crippen LogP contribution in [0.5, 0.6) is 0 Å². The van der Waals surface area contributed by atoms with Gasteiger partial charge in [0.1, 0.15) is 6.10 Å². The fourth-order valence-corrected chi connectivity index (χ4v) is 3.08. The number of fused-ring (bicyclic) bond motifs is 1. The summed E-state index contributed by atoms with van der Waals surface area (Å²) in [5.41, 5.74) is 2.33. The molecular weight excluding hydrogens is 238 g/mol. The third-order valence-electron chi connectivity index (χ3n) is 3.00. The first-order chi connectivity index (χ1) is 7.88. The van der Waals surface area contributed by atoms with Crippen LogP contribution in [0.25, 0.3) is 0 Å². The van der Waals surface area contributed by atoms with Crippen molar-refractivity contribution in [3.05, 3.63) is 35.4 Å². The molecule has 1 aliphatic carbocycles. The molecule has 0 N–H and O–H groups in total. The molecule has 2 rings (SSSR count). The van der Waals surface area contributed by atoms with E-state index in [0.717, 1.165) is 11.8 Å². The number of hydrogen-bond donors (Lipinski definition) is 0. The monoisotopic (exact) mass is 255 g/mol. The van der Waals surface area contributed by atoms with E-state index in [9.17, 15) is 8.42 Å². The summed E-state index contributed by atoms with van der Waals surface area (Å²) in [5.74, 6) is 0. The van der Waals surface area contributed by atoms with E-state index >= 15 is 0 Å². The molecule has 94 valence electrons. The molecule has 17 heavy (non-hydrogen) atoms. The lowest BCUT2D eigenvalue weighted by Gasteiger charge is -2.26. The SMILES string of the molecule is CN(C)[C@@H]1c2ccccc2C[C@@H]1OS(C)(=O)=O. The van der Waals surface area contributed by atoms with Crippen molar-refractivity contribution in [3.63, 3.8) is 0 Å². The molecule has 0 saturated heterocycles. The molecule has 0 heterocycles. The first kappa shape index (κ1) is 12.5. The van der Waals surface area contributed by atoms with Crippen molar-refractivity contribution < 1.29 is 12.6 Å². The Morgan fingerprint density at radius 2 is 1.94 bits per heavy atom.